The number of carbonyl (C=O) groups excluding carboxylic acids is 1. The lowest BCUT2D eigenvalue weighted by Crippen LogP contribution is -2.41. The second kappa shape index (κ2) is 6.61. The molecule has 0 aliphatic carbocycles. The van der Waals surface area contributed by atoms with Gasteiger partial charge in [-0.2, -0.15) is 0 Å². The molecule has 2 heterocycles. The minimum atomic E-state index is -0.00928. The van der Waals surface area contributed by atoms with Gasteiger partial charge in [-0.25, -0.2) is 0 Å². The fourth-order valence-corrected chi connectivity index (χ4v) is 3.11. The van der Waals surface area contributed by atoms with E-state index in [1.165, 1.54) is 5.56 Å². The van der Waals surface area contributed by atoms with E-state index in [1.807, 2.05) is 60.4 Å². The highest BCUT2D eigenvalue weighted by atomic mass is 16.5. The zero-order chi connectivity index (χ0) is 17.2. The maximum absolute atomic E-state index is 13.3. The summed E-state index contributed by atoms with van der Waals surface area (Å²) in [6.45, 7) is 4.38. The van der Waals surface area contributed by atoms with E-state index in [-0.39, 0.29) is 5.91 Å². The number of benzene rings is 2. The van der Waals surface area contributed by atoms with Gasteiger partial charge in [0.1, 0.15) is 5.69 Å². The molecule has 5 nitrogen and oxygen atoms in total. The van der Waals surface area contributed by atoms with Crippen molar-refractivity contribution in [3.8, 4) is 11.3 Å². The quantitative estimate of drug-likeness (QED) is 0.723. The van der Waals surface area contributed by atoms with E-state index in [2.05, 4.69) is 10.2 Å². The molecule has 1 amide bonds. The van der Waals surface area contributed by atoms with E-state index in [1.54, 1.807) is 0 Å². The van der Waals surface area contributed by atoms with E-state index in [4.69, 9.17) is 4.74 Å². The Bertz CT molecular complexity index is 916. The van der Waals surface area contributed by atoms with Crippen LogP contribution < -0.4 is 0 Å². The molecule has 0 atom stereocenters. The molecule has 0 unspecified atom stereocenters. The molecule has 0 bridgehead atoms. The van der Waals surface area contributed by atoms with Gasteiger partial charge in [0.2, 0.25) is 0 Å². The van der Waals surface area contributed by atoms with Crippen LogP contribution in [-0.2, 0) is 4.74 Å². The van der Waals surface area contributed by atoms with Crippen LogP contribution >= 0.6 is 0 Å². The number of carbonyl (C=O) groups is 1. The molecule has 1 aromatic heterocycles. The first kappa shape index (κ1) is 15.7. The molecule has 2 aromatic carbocycles. The van der Waals surface area contributed by atoms with Crippen molar-refractivity contribution in [1.82, 2.24) is 15.1 Å². The Hall–Kier alpha value is -2.79. The van der Waals surface area contributed by atoms with Crippen molar-refractivity contribution in [2.24, 2.45) is 0 Å². The Morgan fingerprint density at radius 1 is 1.00 bits per heavy atom. The summed E-state index contributed by atoms with van der Waals surface area (Å²) in [5.74, 6) is -0.00928. The molecular formula is C20H19N3O2. The highest BCUT2D eigenvalue weighted by Gasteiger charge is 2.25. The van der Waals surface area contributed by atoms with Crippen molar-refractivity contribution in [2.75, 3.05) is 26.3 Å². The number of rotatable bonds is 2. The Morgan fingerprint density at radius 2 is 1.72 bits per heavy atom. The third-order valence-corrected chi connectivity index (χ3v) is 4.51. The molecule has 0 N–H and O–H groups in total. The summed E-state index contributed by atoms with van der Waals surface area (Å²) in [5, 5.41) is 9.55. The summed E-state index contributed by atoms with van der Waals surface area (Å²) in [6.07, 6.45) is 0. The number of ether oxygens (including phenoxy) is 1. The molecule has 0 spiro atoms. The van der Waals surface area contributed by atoms with Crippen LogP contribution in [0.5, 0.6) is 0 Å². The largest absolute Gasteiger partial charge is 0.378 e. The van der Waals surface area contributed by atoms with Crippen LogP contribution in [0.1, 0.15) is 15.9 Å². The molecule has 126 valence electrons. The minimum Gasteiger partial charge on any atom is -0.378 e. The molecule has 1 aliphatic heterocycles. The fourth-order valence-electron chi connectivity index (χ4n) is 3.11. The topological polar surface area (TPSA) is 55.3 Å². The lowest BCUT2D eigenvalue weighted by molar-refractivity contribution is 0.0304. The molecular weight excluding hydrogens is 314 g/mol. The maximum atomic E-state index is 13.3. The van der Waals surface area contributed by atoms with Gasteiger partial charge in [0.15, 0.2) is 0 Å². The lowest BCUT2D eigenvalue weighted by atomic mass is 10.00. The number of morpholine rings is 1. The number of fused-ring (bicyclic) bond motifs is 1. The molecule has 3 aromatic rings. The number of amides is 1. The van der Waals surface area contributed by atoms with Crippen LogP contribution in [0, 0.1) is 6.92 Å². The molecule has 1 aliphatic rings. The standard InChI is InChI=1S/C20H19N3O2/c1-14-6-8-15(9-7-14)19-18(20(24)23-10-12-25-13-11-23)16-4-2-3-5-17(16)21-22-19/h2-9H,10-13H2,1H3. The maximum Gasteiger partial charge on any atom is 0.256 e. The van der Waals surface area contributed by atoms with Crippen LogP contribution in [0.15, 0.2) is 48.5 Å². The number of hydrogen-bond acceptors (Lipinski definition) is 4. The number of aryl methyl sites for hydroxylation is 1. The van der Waals surface area contributed by atoms with E-state index >= 15 is 0 Å². The zero-order valence-electron chi connectivity index (χ0n) is 14.1. The Kier molecular flexibility index (Phi) is 4.15. The average molecular weight is 333 g/mol. The summed E-state index contributed by atoms with van der Waals surface area (Å²) in [4.78, 5) is 15.1. The molecule has 5 heteroatoms. The molecule has 1 saturated heterocycles. The lowest BCUT2D eigenvalue weighted by Gasteiger charge is -2.27. The second-order valence-electron chi connectivity index (χ2n) is 6.21. The summed E-state index contributed by atoms with van der Waals surface area (Å²) in [5.41, 5.74) is 4.06. The first-order valence-electron chi connectivity index (χ1n) is 8.43. The van der Waals surface area contributed by atoms with Crippen molar-refractivity contribution in [3.05, 3.63) is 59.7 Å². The summed E-state index contributed by atoms with van der Waals surface area (Å²) in [7, 11) is 0. The summed E-state index contributed by atoms with van der Waals surface area (Å²) < 4.78 is 5.38. The molecule has 0 saturated carbocycles. The van der Waals surface area contributed by atoms with E-state index in [0.717, 1.165) is 16.5 Å². The zero-order valence-corrected chi connectivity index (χ0v) is 14.1. The van der Waals surface area contributed by atoms with Gasteiger partial charge in [-0.05, 0) is 13.0 Å². The van der Waals surface area contributed by atoms with Gasteiger partial charge in [-0.15, -0.1) is 10.2 Å². The monoisotopic (exact) mass is 333 g/mol. The Balaban J connectivity index is 1.90. The first-order chi connectivity index (χ1) is 12.2. The molecule has 1 fully saturated rings. The Labute approximate surface area is 146 Å². The van der Waals surface area contributed by atoms with E-state index < -0.39 is 0 Å². The van der Waals surface area contributed by atoms with Gasteiger partial charge in [0.25, 0.3) is 5.91 Å². The van der Waals surface area contributed by atoms with Crippen LogP contribution in [0.3, 0.4) is 0 Å². The third-order valence-electron chi connectivity index (χ3n) is 4.51. The van der Waals surface area contributed by atoms with Gasteiger partial charge in [0.05, 0.1) is 24.3 Å². The predicted octanol–water partition coefficient (Wildman–Crippen LogP) is 3.08. The van der Waals surface area contributed by atoms with Crippen molar-refractivity contribution < 1.29 is 9.53 Å². The number of nitrogens with zero attached hydrogens (tertiary/aromatic N) is 3. The normalized spacial score (nSPS) is 14.7. The van der Waals surface area contributed by atoms with Gasteiger partial charge in [0, 0.05) is 24.0 Å². The van der Waals surface area contributed by atoms with Crippen molar-refractivity contribution in [1.29, 1.82) is 0 Å². The van der Waals surface area contributed by atoms with Crippen molar-refractivity contribution in [3.63, 3.8) is 0 Å². The Morgan fingerprint density at radius 3 is 2.48 bits per heavy atom. The van der Waals surface area contributed by atoms with Crippen LogP contribution in [0.25, 0.3) is 22.2 Å². The summed E-state index contributed by atoms with van der Waals surface area (Å²) in [6, 6.07) is 15.7. The van der Waals surface area contributed by atoms with E-state index in [9.17, 15) is 4.79 Å². The molecule has 0 radical (unpaired) electrons. The van der Waals surface area contributed by atoms with E-state index in [0.29, 0.717) is 37.6 Å². The SMILES string of the molecule is Cc1ccc(-c2nnc3ccccc3c2C(=O)N2CCOCC2)cc1. The molecule has 25 heavy (non-hydrogen) atoms. The predicted molar refractivity (Wildman–Crippen MR) is 96.4 cm³/mol. The van der Waals surface area contributed by atoms with Crippen molar-refractivity contribution in [2.45, 2.75) is 6.92 Å². The first-order valence-corrected chi connectivity index (χ1v) is 8.43. The minimum absolute atomic E-state index is 0.00928. The third kappa shape index (κ3) is 2.98. The molecule has 4 rings (SSSR count). The van der Waals surface area contributed by atoms with Crippen LogP contribution in [0.2, 0.25) is 0 Å². The smallest absolute Gasteiger partial charge is 0.256 e. The van der Waals surface area contributed by atoms with Gasteiger partial charge < -0.3 is 9.64 Å². The number of hydrogen-bond donors (Lipinski definition) is 0. The van der Waals surface area contributed by atoms with Gasteiger partial charge >= 0.3 is 0 Å². The van der Waals surface area contributed by atoms with Gasteiger partial charge in [-0.3, -0.25) is 4.79 Å². The number of aromatic nitrogens is 2. The highest BCUT2D eigenvalue weighted by molar-refractivity contribution is 6.10. The van der Waals surface area contributed by atoms with Crippen LogP contribution in [0.4, 0.5) is 0 Å². The summed E-state index contributed by atoms with van der Waals surface area (Å²) >= 11 is 0. The second-order valence-corrected chi connectivity index (χ2v) is 6.21. The van der Waals surface area contributed by atoms with Crippen molar-refractivity contribution >= 4 is 16.8 Å². The van der Waals surface area contributed by atoms with Crippen LogP contribution in [-0.4, -0.2) is 47.3 Å². The van der Waals surface area contributed by atoms with Gasteiger partial charge in [-0.1, -0.05) is 48.0 Å². The fraction of sp³-hybridized carbons (Fsp3) is 0.250. The highest BCUT2D eigenvalue weighted by Crippen LogP contribution is 2.28. The average Bonchev–Trinajstić information content (AvgIpc) is 2.68.